The average Bonchev–Trinajstić information content (AvgIpc) is 3.00. The highest BCUT2D eigenvalue weighted by molar-refractivity contribution is 5.40. The fourth-order valence-corrected chi connectivity index (χ4v) is 4.20. The molecule has 3 fully saturated rings. The quantitative estimate of drug-likeness (QED) is 0.746. The van der Waals surface area contributed by atoms with Gasteiger partial charge in [0.25, 0.3) is 0 Å². The molecule has 0 bridgehead atoms. The van der Waals surface area contributed by atoms with Crippen molar-refractivity contribution in [3.05, 3.63) is 11.4 Å². The van der Waals surface area contributed by atoms with Crippen LogP contribution < -0.4 is 10.6 Å². The molecule has 3 heterocycles. The van der Waals surface area contributed by atoms with Gasteiger partial charge in [-0.1, -0.05) is 0 Å². The van der Waals surface area contributed by atoms with E-state index in [0.717, 1.165) is 58.2 Å². The summed E-state index contributed by atoms with van der Waals surface area (Å²) in [7, 11) is 0. The molecule has 0 spiro atoms. The molecule has 6 nitrogen and oxygen atoms in total. The van der Waals surface area contributed by atoms with E-state index in [-0.39, 0.29) is 5.57 Å². The zero-order valence-corrected chi connectivity index (χ0v) is 14.4. The van der Waals surface area contributed by atoms with Gasteiger partial charge in [0.2, 0.25) is 0 Å². The molecule has 0 radical (unpaired) electrons. The smallest absolute Gasteiger partial charge is 0.169 e. The molecule has 3 saturated heterocycles. The van der Waals surface area contributed by atoms with Crippen molar-refractivity contribution < 1.29 is 0 Å². The first-order valence-corrected chi connectivity index (χ1v) is 9.27. The molecule has 3 aliphatic rings. The molecule has 3 rings (SSSR count). The lowest BCUT2D eigenvalue weighted by atomic mass is 9.97. The molecule has 0 aromatic rings. The number of nitrogens with one attached hydrogen (secondary N) is 2. The Bertz CT molecular complexity index is 485. The molecule has 0 saturated carbocycles. The van der Waals surface area contributed by atoms with Gasteiger partial charge in [0.1, 0.15) is 18.0 Å². The van der Waals surface area contributed by atoms with Crippen molar-refractivity contribution in [2.45, 2.75) is 25.7 Å². The largest absolute Gasteiger partial charge is 0.355 e. The Morgan fingerprint density at radius 2 is 1.25 bits per heavy atom. The van der Waals surface area contributed by atoms with Crippen LogP contribution in [0.5, 0.6) is 0 Å². The van der Waals surface area contributed by atoms with Crippen LogP contribution in [0.2, 0.25) is 0 Å². The van der Waals surface area contributed by atoms with Gasteiger partial charge < -0.3 is 20.4 Å². The SMILES string of the molecule is N#CC(C#N)=C1N(CC2CCNCC2)CCN1CC1CCNCC1. The summed E-state index contributed by atoms with van der Waals surface area (Å²) in [6.07, 6.45) is 4.75. The van der Waals surface area contributed by atoms with Gasteiger partial charge in [-0.3, -0.25) is 0 Å². The summed E-state index contributed by atoms with van der Waals surface area (Å²) in [6.45, 7) is 8.17. The zero-order valence-electron chi connectivity index (χ0n) is 14.4. The summed E-state index contributed by atoms with van der Waals surface area (Å²) in [5.74, 6) is 2.23. The van der Waals surface area contributed by atoms with Gasteiger partial charge in [-0.2, -0.15) is 10.5 Å². The van der Waals surface area contributed by atoms with Crippen LogP contribution in [0.25, 0.3) is 0 Å². The van der Waals surface area contributed by atoms with Crippen LogP contribution in [-0.4, -0.2) is 62.2 Å². The maximum atomic E-state index is 9.43. The molecule has 0 amide bonds. The lowest BCUT2D eigenvalue weighted by Crippen LogP contribution is -2.37. The summed E-state index contributed by atoms with van der Waals surface area (Å²) in [6, 6.07) is 4.28. The highest BCUT2D eigenvalue weighted by atomic mass is 15.4. The summed E-state index contributed by atoms with van der Waals surface area (Å²) < 4.78 is 0. The normalized spacial score (nSPS) is 23.2. The van der Waals surface area contributed by atoms with Gasteiger partial charge in [0.05, 0.1) is 0 Å². The van der Waals surface area contributed by atoms with Gasteiger partial charge >= 0.3 is 0 Å². The van der Waals surface area contributed by atoms with Crippen LogP contribution in [0.15, 0.2) is 11.4 Å². The first-order chi connectivity index (χ1) is 11.8. The summed E-state index contributed by atoms with van der Waals surface area (Å²) in [5.41, 5.74) is 0.287. The Hall–Kier alpha value is -1.76. The van der Waals surface area contributed by atoms with E-state index in [1.807, 2.05) is 0 Å². The van der Waals surface area contributed by atoms with Crippen LogP contribution in [0.1, 0.15) is 25.7 Å². The standard InChI is InChI=1S/C18H28N6/c19-11-17(12-20)18-23(13-15-1-5-21-6-2-15)9-10-24(18)14-16-3-7-22-8-4-16/h15-16,21-22H,1-10,13-14H2. The van der Waals surface area contributed by atoms with E-state index in [4.69, 9.17) is 0 Å². The number of nitriles is 2. The Balaban J connectivity index is 1.71. The highest BCUT2D eigenvalue weighted by Crippen LogP contribution is 2.27. The molecule has 0 unspecified atom stereocenters. The molecule has 24 heavy (non-hydrogen) atoms. The summed E-state index contributed by atoms with van der Waals surface area (Å²) in [5, 5.41) is 25.7. The van der Waals surface area contributed by atoms with Gasteiger partial charge in [-0.05, 0) is 63.7 Å². The molecule has 0 aromatic heterocycles. The number of hydrogen-bond donors (Lipinski definition) is 2. The molecular formula is C18H28N6. The lowest BCUT2D eigenvalue weighted by Gasteiger charge is -2.32. The zero-order chi connectivity index (χ0) is 16.8. The van der Waals surface area contributed by atoms with Crippen molar-refractivity contribution in [2.24, 2.45) is 11.8 Å². The van der Waals surface area contributed by atoms with E-state index >= 15 is 0 Å². The number of hydrogen-bond acceptors (Lipinski definition) is 6. The molecule has 0 aromatic carbocycles. The molecule has 6 heteroatoms. The van der Waals surface area contributed by atoms with Crippen molar-refractivity contribution in [1.82, 2.24) is 20.4 Å². The second-order valence-corrected chi connectivity index (χ2v) is 7.20. The maximum absolute atomic E-state index is 9.43. The number of allylic oxidation sites excluding steroid dienone is 1. The Morgan fingerprint density at radius 3 is 1.62 bits per heavy atom. The minimum Gasteiger partial charge on any atom is -0.355 e. The van der Waals surface area contributed by atoms with Crippen LogP contribution in [-0.2, 0) is 0 Å². The number of rotatable bonds is 4. The van der Waals surface area contributed by atoms with E-state index in [0.29, 0.717) is 11.8 Å². The number of piperidine rings is 2. The fourth-order valence-electron chi connectivity index (χ4n) is 4.20. The van der Waals surface area contributed by atoms with E-state index in [9.17, 15) is 10.5 Å². The third-order valence-corrected chi connectivity index (χ3v) is 5.56. The molecule has 0 aliphatic carbocycles. The fraction of sp³-hybridized carbons (Fsp3) is 0.778. The van der Waals surface area contributed by atoms with Gasteiger partial charge in [0, 0.05) is 26.2 Å². The molecular weight excluding hydrogens is 300 g/mol. The molecule has 130 valence electrons. The van der Waals surface area contributed by atoms with Crippen LogP contribution in [0, 0.1) is 34.5 Å². The molecule has 0 atom stereocenters. The monoisotopic (exact) mass is 328 g/mol. The van der Waals surface area contributed by atoms with E-state index in [1.54, 1.807) is 0 Å². The second kappa shape index (κ2) is 8.37. The second-order valence-electron chi connectivity index (χ2n) is 7.20. The van der Waals surface area contributed by atoms with Crippen molar-refractivity contribution in [1.29, 1.82) is 10.5 Å². The van der Waals surface area contributed by atoms with Crippen molar-refractivity contribution in [3.8, 4) is 12.1 Å². The summed E-state index contributed by atoms with van der Waals surface area (Å²) >= 11 is 0. The van der Waals surface area contributed by atoms with Gasteiger partial charge in [-0.25, -0.2) is 0 Å². The van der Waals surface area contributed by atoms with Crippen LogP contribution in [0.4, 0.5) is 0 Å². The first-order valence-electron chi connectivity index (χ1n) is 9.27. The topological polar surface area (TPSA) is 78.1 Å². The average molecular weight is 328 g/mol. The third kappa shape index (κ3) is 4.01. The first kappa shape index (κ1) is 17.1. The van der Waals surface area contributed by atoms with Crippen molar-refractivity contribution >= 4 is 0 Å². The minimum absolute atomic E-state index is 0.287. The maximum Gasteiger partial charge on any atom is 0.169 e. The van der Waals surface area contributed by atoms with Crippen molar-refractivity contribution in [3.63, 3.8) is 0 Å². The van der Waals surface area contributed by atoms with Crippen LogP contribution in [0.3, 0.4) is 0 Å². The Labute approximate surface area is 145 Å². The van der Waals surface area contributed by atoms with Crippen LogP contribution >= 0.6 is 0 Å². The van der Waals surface area contributed by atoms with Gasteiger partial charge in [-0.15, -0.1) is 0 Å². The Kier molecular flexibility index (Phi) is 5.96. The third-order valence-electron chi connectivity index (χ3n) is 5.56. The molecule has 2 N–H and O–H groups in total. The molecule has 3 aliphatic heterocycles. The minimum atomic E-state index is 0.287. The van der Waals surface area contributed by atoms with Gasteiger partial charge in [0.15, 0.2) is 5.57 Å². The summed E-state index contributed by atoms with van der Waals surface area (Å²) in [4.78, 5) is 4.61. The predicted molar refractivity (Wildman–Crippen MR) is 92.6 cm³/mol. The number of nitrogens with zero attached hydrogens (tertiary/aromatic N) is 4. The lowest BCUT2D eigenvalue weighted by molar-refractivity contribution is 0.232. The van der Waals surface area contributed by atoms with E-state index < -0.39 is 0 Å². The Morgan fingerprint density at radius 1 is 0.833 bits per heavy atom. The van der Waals surface area contributed by atoms with E-state index in [1.165, 1.54) is 25.7 Å². The van der Waals surface area contributed by atoms with Crippen molar-refractivity contribution in [2.75, 3.05) is 52.4 Å². The highest BCUT2D eigenvalue weighted by Gasteiger charge is 2.32. The van der Waals surface area contributed by atoms with E-state index in [2.05, 4.69) is 32.6 Å². The predicted octanol–water partition coefficient (Wildman–Crippen LogP) is 0.862.